The van der Waals surface area contributed by atoms with Crippen LogP contribution in [0.15, 0.2) is 48.5 Å². The maximum Gasteiger partial charge on any atom is 0.167 e. The molecule has 0 unspecified atom stereocenters. The van der Waals surface area contributed by atoms with Gasteiger partial charge in [0, 0.05) is 12.8 Å². The number of fused-ring (bicyclic) bond motifs is 3. The zero-order chi connectivity index (χ0) is 16.8. The van der Waals surface area contributed by atoms with Crippen molar-refractivity contribution in [1.82, 2.24) is 0 Å². The molecule has 2 aliphatic heterocycles. The van der Waals surface area contributed by atoms with E-state index in [0.29, 0.717) is 0 Å². The molecule has 2 heterocycles. The van der Waals surface area contributed by atoms with Crippen LogP contribution in [0.5, 0.6) is 0 Å². The Kier molecular flexibility index (Phi) is 2.49. The van der Waals surface area contributed by atoms with Crippen molar-refractivity contribution in [2.75, 3.05) is 0 Å². The standard InChI is InChI=1S/C20H20O4/c1-17(21)11-19-15-9-5-3-7-13(15)14-8-4-6-10-16(14)20(19,23-17)12-18(2,22)24-19/h3-10,21-22H,11-12H2,1-2H3/t17-,18-,19+,20+/m1/s1. The first-order valence-corrected chi connectivity index (χ1v) is 8.33. The van der Waals surface area contributed by atoms with E-state index in [4.69, 9.17) is 9.47 Å². The number of hydrogen-bond acceptors (Lipinski definition) is 4. The highest BCUT2D eigenvalue weighted by Crippen LogP contribution is 2.70. The molecule has 4 atom stereocenters. The quantitative estimate of drug-likeness (QED) is 0.782. The molecule has 24 heavy (non-hydrogen) atoms. The van der Waals surface area contributed by atoms with Gasteiger partial charge in [-0.05, 0) is 36.1 Å². The Bertz CT molecular complexity index is 765. The van der Waals surface area contributed by atoms with Gasteiger partial charge < -0.3 is 19.7 Å². The molecule has 0 radical (unpaired) electrons. The summed E-state index contributed by atoms with van der Waals surface area (Å²) in [6.45, 7) is 3.34. The predicted molar refractivity (Wildman–Crippen MR) is 87.9 cm³/mol. The highest BCUT2D eigenvalue weighted by Gasteiger charge is 2.75. The zero-order valence-corrected chi connectivity index (χ0v) is 13.7. The number of aliphatic hydroxyl groups is 2. The molecule has 1 aliphatic carbocycles. The third-order valence-electron chi connectivity index (χ3n) is 5.61. The van der Waals surface area contributed by atoms with Crippen molar-refractivity contribution in [3.8, 4) is 11.1 Å². The molecule has 0 bridgehead atoms. The fourth-order valence-corrected chi connectivity index (χ4v) is 5.15. The van der Waals surface area contributed by atoms with Crippen LogP contribution in [0, 0.1) is 0 Å². The molecule has 4 heteroatoms. The lowest BCUT2D eigenvalue weighted by Gasteiger charge is -2.43. The molecule has 3 aliphatic rings. The van der Waals surface area contributed by atoms with Crippen LogP contribution < -0.4 is 0 Å². The third kappa shape index (κ3) is 1.57. The molecule has 2 fully saturated rings. The van der Waals surface area contributed by atoms with Gasteiger partial charge in [0.15, 0.2) is 11.6 Å². The topological polar surface area (TPSA) is 58.9 Å². The minimum absolute atomic E-state index is 0.279. The van der Waals surface area contributed by atoms with E-state index in [2.05, 4.69) is 12.1 Å². The van der Waals surface area contributed by atoms with Crippen LogP contribution in [0.4, 0.5) is 0 Å². The molecule has 0 saturated carbocycles. The maximum atomic E-state index is 10.8. The Labute approximate surface area is 140 Å². The van der Waals surface area contributed by atoms with Crippen molar-refractivity contribution in [3.63, 3.8) is 0 Å². The van der Waals surface area contributed by atoms with Gasteiger partial charge in [0.2, 0.25) is 0 Å². The molecule has 2 aromatic rings. The molecule has 4 nitrogen and oxygen atoms in total. The van der Waals surface area contributed by atoms with Crippen molar-refractivity contribution in [1.29, 1.82) is 0 Å². The highest BCUT2D eigenvalue weighted by atomic mass is 16.7. The highest BCUT2D eigenvalue weighted by molar-refractivity contribution is 5.77. The number of rotatable bonds is 0. The van der Waals surface area contributed by atoms with E-state index in [0.717, 1.165) is 22.3 Å². The van der Waals surface area contributed by atoms with Crippen molar-refractivity contribution in [2.45, 2.75) is 49.5 Å². The van der Waals surface area contributed by atoms with E-state index in [1.54, 1.807) is 13.8 Å². The average molecular weight is 324 g/mol. The SMILES string of the molecule is C[C@]1(O)C[C@@]23O[C@@](C)(O)C[C@]2(O1)c1ccccc1-c1ccccc13. The monoisotopic (exact) mass is 324 g/mol. The Morgan fingerprint density at radius 1 is 0.708 bits per heavy atom. The van der Waals surface area contributed by atoms with Crippen LogP contribution in [0.25, 0.3) is 11.1 Å². The third-order valence-corrected chi connectivity index (χ3v) is 5.61. The molecule has 2 aromatic carbocycles. The molecule has 5 rings (SSSR count). The van der Waals surface area contributed by atoms with Crippen LogP contribution >= 0.6 is 0 Å². The number of benzene rings is 2. The molecular formula is C20H20O4. The summed E-state index contributed by atoms with van der Waals surface area (Å²) in [5, 5.41) is 21.5. The van der Waals surface area contributed by atoms with Crippen LogP contribution in [0.3, 0.4) is 0 Å². The fourth-order valence-electron chi connectivity index (χ4n) is 5.15. The van der Waals surface area contributed by atoms with E-state index in [1.165, 1.54) is 0 Å². The number of hydrogen-bond donors (Lipinski definition) is 2. The maximum absolute atomic E-state index is 10.8. The minimum atomic E-state index is -1.32. The summed E-state index contributed by atoms with van der Waals surface area (Å²) in [4.78, 5) is 0. The molecule has 124 valence electrons. The van der Waals surface area contributed by atoms with Gasteiger partial charge in [0.1, 0.15) is 11.2 Å². The normalized spacial score (nSPS) is 42.2. The molecule has 0 spiro atoms. The Hall–Kier alpha value is -1.72. The first-order valence-electron chi connectivity index (χ1n) is 8.33. The summed E-state index contributed by atoms with van der Waals surface area (Å²) in [7, 11) is 0. The summed E-state index contributed by atoms with van der Waals surface area (Å²) < 4.78 is 12.5. The summed E-state index contributed by atoms with van der Waals surface area (Å²) in [5.74, 6) is -2.64. The van der Waals surface area contributed by atoms with Gasteiger partial charge in [-0.2, -0.15) is 0 Å². The van der Waals surface area contributed by atoms with Crippen molar-refractivity contribution in [2.24, 2.45) is 0 Å². The van der Waals surface area contributed by atoms with Crippen molar-refractivity contribution >= 4 is 0 Å². The van der Waals surface area contributed by atoms with Gasteiger partial charge in [-0.3, -0.25) is 0 Å². The summed E-state index contributed by atoms with van der Waals surface area (Å²) in [5.41, 5.74) is 2.29. The second-order valence-electron chi connectivity index (χ2n) is 7.65. The van der Waals surface area contributed by atoms with E-state index in [9.17, 15) is 10.2 Å². The van der Waals surface area contributed by atoms with Gasteiger partial charge >= 0.3 is 0 Å². The summed E-state index contributed by atoms with van der Waals surface area (Å²) in [6.07, 6.45) is 0.559. The Morgan fingerprint density at radius 3 is 1.50 bits per heavy atom. The molecule has 0 aromatic heterocycles. The summed E-state index contributed by atoms with van der Waals surface area (Å²) >= 11 is 0. The van der Waals surface area contributed by atoms with Crippen LogP contribution in [0.1, 0.15) is 37.8 Å². The van der Waals surface area contributed by atoms with E-state index < -0.39 is 22.8 Å². The average Bonchev–Trinajstić information content (AvgIpc) is 2.87. The first kappa shape index (κ1) is 14.6. The summed E-state index contributed by atoms with van der Waals surface area (Å²) in [6, 6.07) is 16.1. The van der Waals surface area contributed by atoms with Crippen LogP contribution in [-0.2, 0) is 20.7 Å². The molecular weight excluding hydrogens is 304 g/mol. The van der Waals surface area contributed by atoms with E-state index in [-0.39, 0.29) is 12.8 Å². The van der Waals surface area contributed by atoms with E-state index >= 15 is 0 Å². The lowest BCUT2D eigenvalue weighted by atomic mass is 9.65. The van der Waals surface area contributed by atoms with Crippen LogP contribution in [-0.4, -0.2) is 21.8 Å². The Balaban J connectivity index is 1.92. The molecule has 2 N–H and O–H groups in total. The number of ether oxygens (including phenoxy) is 2. The van der Waals surface area contributed by atoms with Gasteiger partial charge in [0.25, 0.3) is 0 Å². The van der Waals surface area contributed by atoms with E-state index in [1.807, 2.05) is 36.4 Å². The van der Waals surface area contributed by atoms with Gasteiger partial charge in [-0.1, -0.05) is 48.5 Å². The lowest BCUT2D eigenvalue weighted by Crippen LogP contribution is -2.45. The Morgan fingerprint density at radius 2 is 1.08 bits per heavy atom. The molecule has 2 saturated heterocycles. The van der Waals surface area contributed by atoms with Crippen LogP contribution in [0.2, 0.25) is 0 Å². The first-order chi connectivity index (χ1) is 11.3. The minimum Gasteiger partial charge on any atom is -0.365 e. The van der Waals surface area contributed by atoms with Gasteiger partial charge in [0.05, 0.1) is 0 Å². The smallest absolute Gasteiger partial charge is 0.167 e. The van der Waals surface area contributed by atoms with Crippen molar-refractivity contribution < 1.29 is 19.7 Å². The predicted octanol–water partition coefficient (Wildman–Crippen LogP) is 3.02. The zero-order valence-electron chi connectivity index (χ0n) is 13.7. The largest absolute Gasteiger partial charge is 0.365 e. The van der Waals surface area contributed by atoms with Crippen molar-refractivity contribution in [3.05, 3.63) is 59.7 Å². The van der Waals surface area contributed by atoms with Gasteiger partial charge in [-0.15, -0.1) is 0 Å². The van der Waals surface area contributed by atoms with Gasteiger partial charge in [-0.25, -0.2) is 0 Å². The second kappa shape index (κ2) is 4.09. The molecule has 0 amide bonds. The second-order valence-corrected chi connectivity index (χ2v) is 7.65. The fraction of sp³-hybridized carbons (Fsp3) is 0.400. The lowest BCUT2D eigenvalue weighted by molar-refractivity contribution is -0.231.